The number of nitrogens with two attached hydrogens (primary N) is 1. The van der Waals surface area contributed by atoms with Gasteiger partial charge < -0.3 is 10.5 Å². The second kappa shape index (κ2) is 13.9. The molecule has 3 aromatic rings. The normalized spacial score (nSPS) is 19.1. The lowest BCUT2D eigenvalue weighted by atomic mass is 9.89. The van der Waals surface area contributed by atoms with Crippen LogP contribution >= 0.6 is 12.4 Å². The number of hydrogen-bond donors (Lipinski definition) is 2. The van der Waals surface area contributed by atoms with Gasteiger partial charge in [-0.15, -0.1) is 12.4 Å². The lowest BCUT2D eigenvalue weighted by molar-refractivity contribution is -0.120. The number of sulfonamides is 1. The molecule has 0 saturated carbocycles. The van der Waals surface area contributed by atoms with Crippen molar-refractivity contribution in [3.8, 4) is 11.8 Å². The zero-order chi connectivity index (χ0) is 31.7. The zero-order valence-electron chi connectivity index (χ0n) is 25.7. The molecular weight excluding hydrogens is 632 g/mol. The molecule has 46 heavy (non-hydrogen) atoms. The molecule has 3 aliphatic heterocycles. The number of carbonyl (C=O) groups is 2. The van der Waals surface area contributed by atoms with Crippen molar-refractivity contribution < 1.29 is 22.7 Å². The Morgan fingerprint density at radius 3 is 2.48 bits per heavy atom. The number of imide groups is 1. The SMILES string of the molecule is Cl.Cn1nc(N2CCC(=O)NC2=O)c2ccc(C3CCN(CCOc4cc(S(=O)(=O)N5CCC(N)CC5)ccc4C#N)CC3)cc21. The van der Waals surface area contributed by atoms with Gasteiger partial charge in [-0.1, -0.05) is 6.07 Å². The van der Waals surface area contributed by atoms with Gasteiger partial charge in [-0.25, -0.2) is 13.2 Å². The molecule has 4 heterocycles. The summed E-state index contributed by atoms with van der Waals surface area (Å²) >= 11 is 0. The number of hydrogen-bond acceptors (Lipinski definition) is 9. The van der Waals surface area contributed by atoms with Crippen LogP contribution in [0.2, 0.25) is 0 Å². The molecule has 0 bridgehead atoms. The molecule has 0 unspecified atom stereocenters. The molecule has 0 radical (unpaired) electrons. The first kappa shape index (κ1) is 33.6. The van der Waals surface area contributed by atoms with Crippen molar-refractivity contribution in [2.45, 2.75) is 49.0 Å². The van der Waals surface area contributed by atoms with Crippen molar-refractivity contribution in [2.75, 3.05) is 50.8 Å². The summed E-state index contributed by atoms with van der Waals surface area (Å²) in [4.78, 5) is 27.9. The lowest BCUT2D eigenvalue weighted by Crippen LogP contribution is -2.49. The summed E-state index contributed by atoms with van der Waals surface area (Å²) in [5, 5.41) is 17.4. The Morgan fingerprint density at radius 1 is 1.04 bits per heavy atom. The van der Waals surface area contributed by atoms with Crippen molar-refractivity contribution in [1.82, 2.24) is 24.3 Å². The highest BCUT2D eigenvalue weighted by Crippen LogP contribution is 2.34. The van der Waals surface area contributed by atoms with Crippen LogP contribution < -0.4 is 20.7 Å². The molecule has 3 fully saturated rings. The molecule has 13 nitrogen and oxygen atoms in total. The van der Waals surface area contributed by atoms with E-state index >= 15 is 0 Å². The number of nitriles is 1. The Bertz CT molecular complexity index is 1760. The van der Waals surface area contributed by atoms with Crippen LogP contribution in [0.15, 0.2) is 41.3 Å². The van der Waals surface area contributed by atoms with Gasteiger partial charge in [0.25, 0.3) is 0 Å². The van der Waals surface area contributed by atoms with Gasteiger partial charge in [-0.3, -0.25) is 24.6 Å². The van der Waals surface area contributed by atoms with Crippen LogP contribution in [-0.4, -0.2) is 91.3 Å². The number of halogens is 1. The number of urea groups is 1. The van der Waals surface area contributed by atoms with Crippen LogP contribution in [0.5, 0.6) is 5.75 Å². The smallest absolute Gasteiger partial charge is 0.329 e. The molecule has 0 spiro atoms. The minimum Gasteiger partial charge on any atom is -0.491 e. The van der Waals surface area contributed by atoms with Crippen LogP contribution in [0.4, 0.5) is 10.6 Å². The summed E-state index contributed by atoms with van der Waals surface area (Å²) in [6, 6.07) is 12.4. The fourth-order valence-corrected chi connectivity index (χ4v) is 7.88. The molecule has 2 aromatic carbocycles. The molecule has 3 amide bonds. The van der Waals surface area contributed by atoms with Gasteiger partial charge in [-0.2, -0.15) is 14.7 Å². The van der Waals surface area contributed by atoms with Crippen LogP contribution in [0.25, 0.3) is 10.9 Å². The predicted octanol–water partition coefficient (Wildman–Crippen LogP) is 2.68. The number of aryl methyl sites for hydroxylation is 1. The first-order valence-corrected chi connectivity index (χ1v) is 16.8. The van der Waals surface area contributed by atoms with E-state index in [1.54, 1.807) is 4.68 Å². The monoisotopic (exact) mass is 670 g/mol. The minimum absolute atomic E-state index is 0. The summed E-state index contributed by atoms with van der Waals surface area (Å²) in [6.07, 6.45) is 3.41. The molecule has 0 atom stereocenters. The highest BCUT2D eigenvalue weighted by Gasteiger charge is 2.30. The molecule has 6 rings (SSSR count). The van der Waals surface area contributed by atoms with Gasteiger partial charge in [0, 0.05) is 57.1 Å². The number of ether oxygens (including phenoxy) is 1. The molecule has 246 valence electrons. The first-order valence-electron chi connectivity index (χ1n) is 15.4. The number of likely N-dealkylation sites (tertiary alicyclic amines) is 1. The van der Waals surface area contributed by atoms with Crippen molar-refractivity contribution in [2.24, 2.45) is 12.8 Å². The topological polar surface area (TPSA) is 167 Å². The Kier molecular flexibility index (Phi) is 10.2. The predicted molar refractivity (Wildman–Crippen MR) is 174 cm³/mol. The van der Waals surface area contributed by atoms with Crippen LogP contribution in [0.1, 0.15) is 49.1 Å². The van der Waals surface area contributed by atoms with Crippen molar-refractivity contribution in [1.29, 1.82) is 5.26 Å². The third kappa shape index (κ3) is 6.84. The summed E-state index contributed by atoms with van der Waals surface area (Å²) in [5.41, 5.74) is 8.40. The second-order valence-corrected chi connectivity index (χ2v) is 13.9. The molecular formula is C31H39ClN8O5S. The van der Waals surface area contributed by atoms with E-state index in [4.69, 9.17) is 10.5 Å². The van der Waals surface area contributed by atoms with Gasteiger partial charge in [0.1, 0.15) is 18.4 Å². The maximum atomic E-state index is 13.2. The minimum atomic E-state index is -3.70. The van der Waals surface area contributed by atoms with Gasteiger partial charge >= 0.3 is 6.03 Å². The number of nitrogens with zero attached hydrogens (tertiary/aromatic N) is 6. The van der Waals surface area contributed by atoms with Gasteiger partial charge in [0.2, 0.25) is 15.9 Å². The fraction of sp³-hybridized carbons (Fsp3) is 0.484. The van der Waals surface area contributed by atoms with Gasteiger partial charge in [-0.05, 0) is 74.5 Å². The quantitative estimate of drug-likeness (QED) is 0.366. The lowest BCUT2D eigenvalue weighted by Gasteiger charge is -2.32. The zero-order valence-corrected chi connectivity index (χ0v) is 27.4. The van der Waals surface area contributed by atoms with E-state index in [1.807, 2.05) is 13.1 Å². The Morgan fingerprint density at radius 2 is 1.78 bits per heavy atom. The summed E-state index contributed by atoms with van der Waals surface area (Å²) in [7, 11) is -1.84. The van der Waals surface area contributed by atoms with Crippen LogP contribution in [-0.2, 0) is 21.9 Å². The third-order valence-electron chi connectivity index (χ3n) is 9.10. The highest BCUT2D eigenvalue weighted by molar-refractivity contribution is 7.89. The van der Waals surface area contributed by atoms with E-state index in [1.165, 1.54) is 33.0 Å². The number of nitrogens with one attached hydrogen (secondary N) is 1. The van der Waals surface area contributed by atoms with E-state index in [2.05, 4.69) is 33.5 Å². The second-order valence-electron chi connectivity index (χ2n) is 12.0. The number of aromatic nitrogens is 2. The number of piperidine rings is 2. The van der Waals surface area contributed by atoms with Crippen molar-refractivity contribution in [3.05, 3.63) is 47.5 Å². The third-order valence-corrected chi connectivity index (χ3v) is 11.0. The average molecular weight is 671 g/mol. The Labute approximate surface area is 274 Å². The fourth-order valence-electron chi connectivity index (χ4n) is 6.39. The number of benzene rings is 2. The van der Waals surface area contributed by atoms with E-state index in [0.717, 1.165) is 36.8 Å². The maximum absolute atomic E-state index is 13.2. The van der Waals surface area contributed by atoms with Crippen LogP contribution in [0, 0.1) is 11.3 Å². The highest BCUT2D eigenvalue weighted by atomic mass is 35.5. The number of rotatable bonds is 8. The standard InChI is InChI=1S/C31H38N8O5S.ClH/c1-36-27-18-22(3-5-26(27)30(35-36)39-15-10-29(40)34-31(39)41)21-6-11-37(12-7-21)16-17-44-28-19-25(4-2-23(28)20-32)45(42,43)38-13-8-24(33)9-14-38;/h2-5,18-19,21,24H,6-17,33H2,1H3,(H,34,40,41);1H. The number of carbonyl (C=O) groups excluding carboxylic acids is 2. The Balaban J connectivity index is 0.00000417. The number of amides is 3. The largest absolute Gasteiger partial charge is 0.491 e. The molecule has 3 aliphatic rings. The Hall–Kier alpha value is -3.74. The molecule has 15 heteroatoms. The molecule has 0 aliphatic carbocycles. The molecule has 3 N–H and O–H groups in total. The first-order chi connectivity index (χ1) is 21.6. The van der Waals surface area contributed by atoms with Gasteiger partial charge in [0.15, 0.2) is 5.82 Å². The average Bonchev–Trinajstić information content (AvgIpc) is 3.36. The van der Waals surface area contributed by atoms with E-state index in [-0.39, 0.29) is 41.4 Å². The summed E-state index contributed by atoms with van der Waals surface area (Å²) in [5.74, 6) is 0.928. The van der Waals surface area contributed by atoms with Crippen LogP contribution in [0.3, 0.4) is 0 Å². The van der Waals surface area contributed by atoms with E-state index in [0.29, 0.717) is 62.9 Å². The number of anilines is 1. The van der Waals surface area contributed by atoms with Crippen molar-refractivity contribution in [3.63, 3.8) is 0 Å². The van der Waals surface area contributed by atoms with Crippen molar-refractivity contribution >= 4 is 51.1 Å². The number of fused-ring (bicyclic) bond motifs is 1. The van der Waals surface area contributed by atoms with E-state index in [9.17, 15) is 23.3 Å². The molecule has 3 saturated heterocycles. The summed E-state index contributed by atoms with van der Waals surface area (Å²) < 4.78 is 35.6. The molecule has 1 aromatic heterocycles. The van der Waals surface area contributed by atoms with Gasteiger partial charge in [0.05, 0.1) is 16.0 Å². The maximum Gasteiger partial charge on any atom is 0.329 e. The van der Waals surface area contributed by atoms with E-state index < -0.39 is 16.1 Å². The summed E-state index contributed by atoms with van der Waals surface area (Å²) in [6.45, 7) is 3.81.